The molecule has 1 N–H and O–H groups in total. The number of hydrogen-bond donors (Lipinski definition) is 1. The van der Waals surface area contributed by atoms with Crippen LogP contribution in [0.4, 0.5) is 4.39 Å². The van der Waals surface area contributed by atoms with Crippen LogP contribution in [0.5, 0.6) is 5.75 Å². The van der Waals surface area contributed by atoms with E-state index in [4.69, 9.17) is 9.15 Å². The Morgan fingerprint density at radius 2 is 2.25 bits per heavy atom. The predicted octanol–water partition coefficient (Wildman–Crippen LogP) is 3.24. The molecule has 0 fully saturated rings. The van der Waals surface area contributed by atoms with Crippen molar-refractivity contribution in [3.8, 4) is 5.75 Å². The van der Waals surface area contributed by atoms with Crippen LogP contribution in [0.15, 0.2) is 28.8 Å². The average Bonchev–Trinajstić information content (AvgIpc) is 2.92. The van der Waals surface area contributed by atoms with Crippen molar-refractivity contribution in [2.75, 3.05) is 7.11 Å². The van der Waals surface area contributed by atoms with E-state index in [1.807, 2.05) is 13.8 Å². The molecule has 108 valence electrons. The number of benzene rings is 1. The Labute approximate surface area is 118 Å². The van der Waals surface area contributed by atoms with Crippen LogP contribution in [0.25, 0.3) is 0 Å². The molecule has 2 aromatic rings. The molecule has 5 heteroatoms. The van der Waals surface area contributed by atoms with Crippen molar-refractivity contribution in [3.05, 3.63) is 47.4 Å². The van der Waals surface area contributed by atoms with Crippen LogP contribution in [-0.2, 0) is 13.0 Å². The van der Waals surface area contributed by atoms with Crippen molar-refractivity contribution in [3.63, 3.8) is 0 Å². The molecule has 1 heterocycles. The summed E-state index contributed by atoms with van der Waals surface area (Å²) in [6, 6.07) is 4.60. The zero-order valence-electron chi connectivity index (χ0n) is 11.9. The molecule has 0 aliphatic carbocycles. The largest absolute Gasteiger partial charge is 0.496 e. The summed E-state index contributed by atoms with van der Waals surface area (Å²) in [6.45, 7) is 4.33. The number of ether oxygens (including phenoxy) is 1. The van der Waals surface area contributed by atoms with E-state index in [-0.39, 0.29) is 11.9 Å². The Morgan fingerprint density at radius 3 is 2.90 bits per heavy atom. The smallest absolute Gasteiger partial charge is 0.208 e. The number of rotatable bonds is 6. The van der Waals surface area contributed by atoms with Gasteiger partial charge in [-0.2, -0.15) is 0 Å². The molecular formula is C15H19FN2O2. The van der Waals surface area contributed by atoms with E-state index in [9.17, 15) is 4.39 Å². The van der Waals surface area contributed by atoms with Crippen molar-refractivity contribution < 1.29 is 13.5 Å². The second kappa shape index (κ2) is 6.52. The van der Waals surface area contributed by atoms with E-state index in [2.05, 4.69) is 10.3 Å². The lowest BCUT2D eigenvalue weighted by Gasteiger charge is -2.17. The first-order chi connectivity index (χ1) is 9.65. The molecule has 0 saturated heterocycles. The molecule has 0 radical (unpaired) electrons. The molecule has 20 heavy (non-hydrogen) atoms. The molecule has 1 aromatic heterocycles. The molecule has 0 bridgehead atoms. The fraction of sp³-hybridized carbons (Fsp3) is 0.400. The lowest BCUT2D eigenvalue weighted by molar-refractivity contribution is 0.385. The number of oxazole rings is 1. The lowest BCUT2D eigenvalue weighted by atomic mass is 10.1. The summed E-state index contributed by atoms with van der Waals surface area (Å²) in [5.74, 6) is 1.69. The van der Waals surface area contributed by atoms with Crippen molar-refractivity contribution in [2.45, 2.75) is 32.9 Å². The quantitative estimate of drug-likeness (QED) is 0.881. The highest BCUT2D eigenvalue weighted by Crippen LogP contribution is 2.27. The molecular weight excluding hydrogens is 259 g/mol. The SMILES string of the molecule is CCc1cnc(CNC(C)c2c(F)cccc2OC)o1. The Kier molecular flexibility index (Phi) is 4.74. The van der Waals surface area contributed by atoms with Gasteiger partial charge in [-0.15, -0.1) is 0 Å². The van der Waals surface area contributed by atoms with Gasteiger partial charge in [0.25, 0.3) is 0 Å². The Hall–Kier alpha value is -1.88. The van der Waals surface area contributed by atoms with Gasteiger partial charge in [0.2, 0.25) is 5.89 Å². The lowest BCUT2D eigenvalue weighted by Crippen LogP contribution is -2.20. The molecule has 2 rings (SSSR count). The third-order valence-electron chi connectivity index (χ3n) is 3.18. The van der Waals surface area contributed by atoms with Gasteiger partial charge in [0, 0.05) is 18.0 Å². The maximum absolute atomic E-state index is 13.9. The Bertz CT molecular complexity index is 569. The minimum atomic E-state index is -0.286. The number of hydrogen-bond acceptors (Lipinski definition) is 4. The molecule has 1 atom stereocenters. The summed E-state index contributed by atoms with van der Waals surface area (Å²) in [4.78, 5) is 4.16. The number of nitrogens with zero attached hydrogens (tertiary/aromatic N) is 1. The van der Waals surface area contributed by atoms with Crippen LogP contribution < -0.4 is 10.1 Å². The van der Waals surface area contributed by atoms with Crippen molar-refractivity contribution in [2.24, 2.45) is 0 Å². The fourth-order valence-electron chi connectivity index (χ4n) is 2.05. The molecule has 0 aliphatic heterocycles. The predicted molar refractivity (Wildman–Crippen MR) is 74.1 cm³/mol. The van der Waals surface area contributed by atoms with E-state index < -0.39 is 0 Å². The van der Waals surface area contributed by atoms with Gasteiger partial charge in [-0.05, 0) is 19.1 Å². The van der Waals surface area contributed by atoms with E-state index in [1.165, 1.54) is 13.2 Å². The van der Waals surface area contributed by atoms with Crippen LogP contribution in [0.3, 0.4) is 0 Å². The first kappa shape index (κ1) is 14.5. The first-order valence-corrected chi connectivity index (χ1v) is 6.65. The van der Waals surface area contributed by atoms with E-state index in [1.54, 1.807) is 18.3 Å². The molecule has 0 spiro atoms. The van der Waals surface area contributed by atoms with Crippen molar-refractivity contribution in [1.82, 2.24) is 10.3 Å². The number of methoxy groups -OCH3 is 1. The highest BCUT2D eigenvalue weighted by molar-refractivity contribution is 5.36. The maximum Gasteiger partial charge on any atom is 0.208 e. The first-order valence-electron chi connectivity index (χ1n) is 6.65. The zero-order valence-corrected chi connectivity index (χ0v) is 11.9. The van der Waals surface area contributed by atoms with Gasteiger partial charge in [-0.25, -0.2) is 9.37 Å². The highest BCUT2D eigenvalue weighted by Gasteiger charge is 2.16. The molecule has 4 nitrogen and oxygen atoms in total. The van der Waals surface area contributed by atoms with Crippen molar-refractivity contribution in [1.29, 1.82) is 0 Å². The van der Waals surface area contributed by atoms with Gasteiger partial charge >= 0.3 is 0 Å². The summed E-state index contributed by atoms with van der Waals surface area (Å²) in [5.41, 5.74) is 0.511. The topological polar surface area (TPSA) is 47.3 Å². The second-order valence-corrected chi connectivity index (χ2v) is 4.53. The van der Waals surface area contributed by atoms with Gasteiger partial charge in [-0.1, -0.05) is 13.0 Å². The highest BCUT2D eigenvalue weighted by atomic mass is 19.1. The van der Waals surface area contributed by atoms with Gasteiger partial charge in [-0.3, -0.25) is 0 Å². The fourth-order valence-corrected chi connectivity index (χ4v) is 2.05. The van der Waals surface area contributed by atoms with Crippen LogP contribution in [0.2, 0.25) is 0 Å². The van der Waals surface area contributed by atoms with Crippen molar-refractivity contribution >= 4 is 0 Å². The summed E-state index contributed by atoms with van der Waals surface area (Å²) in [5, 5.41) is 3.19. The third-order valence-corrected chi connectivity index (χ3v) is 3.18. The van der Waals surface area contributed by atoms with Crippen LogP contribution in [-0.4, -0.2) is 12.1 Å². The molecule has 0 aliphatic rings. The third kappa shape index (κ3) is 3.17. The minimum absolute atomic E-state index is 0.205. The molecule has 1 unspecified atom stereocenters. The van der Waals surface area contributed by atoms with E-state index in [0.717, 1.165) is 12.2 Å². The van der Waals surface area contributed by atoms with Gasteiger partial charge in [0.05, 0.1) is 19.9 Å². The Balaban J connectivity index is 2.06. The van der Waals surface area contributed by atoms with Gasteiger partial charge in [0.15, 0.2) is 0 Å². The number of halogens is 1. The molecule has 0 amide bonds. The Morgan fingerprint density at radius 1 is 1.45 bits per heavy atom. The maximum atomic E-state index is 13.9. The minimum Gasteiger partial charge on any atom is -0.496 e. The standard InChI is InChI=1S/C15H19FN2O2/c1-4-11-8-18-14(20-11)9-17-10(2)15-12(16)6-5-7-13(15)19-3/h5-8,10,17H,4,9H2,1-3H3. The number of nitrogens with one attached hydrogen (secondary N) is 1. The van der Waals surface area contributed by atoms with E-state index >= 15 is 0 Å². The summed E-state index contributed by atoms with van der Waals surface area (Å²) < 4.78 is 24.6. The normalized spacial score (nSPS) is 12.4. The van der Waals surface area contributed by atoms with Gasteiger partial charge in [0.1, 0.15) is 17.3 Å². The monoisotopic (exact) mass is 278 g/mol. The second-order valence-electron chi connectivity index (χ2n) is 4.53. The zero-order chi connectivity index (χ0) is 14.5. The summed E-state index contributed by atoms with van der Waals surface area (Å²) in [6.07, 6.45) is 2.52. The molecule has 0 saturated carbocycles. The van der Waals surface area contributed by atoms with E-state index in [0.29, 0.717) is 23.7 Å². The summed E-state index contributed by atoms with van der Waals surface area (Å²) >= 11 is 0. The van der Waals surface area contributed by atoms with Crippen LogP contribution in [0, 0.1) is 5.82 Å². The average molecular weight is 278 g/mol. The summed E-state index contributed by atoms with van der Waals surface area (Å²) in [7, 11) is 1.53. The van der Waals surface area contributed by atoms with Crippen LogP contribution in [0.1, 0.15) is 37.1 Å². The van der Waals surface area contributed by atoms with Gasteiger partial charge < -0.3 is 14.5 Å². The number of aryl methyl sites for hydroxylation is 1. The number of aromatic nitrogens is 1. The molecule has 1 aromatic carbocycles. The van der Waals surface area contributed by atoms with Crippen LogP contribution >= 0.6 is 0 Å².